The number of halogens is 1. The average Bonchev–Trinajstić information content (AvgIpc) is 2.41. The Morgan fingerprint density at radius 1 is 1.47 bits per heavy atom. The van der Waals surface area contributed by atoms with E-state index in [0.29, 0.717) is 37.4 Å². The van der Waals surface area contributed by atoms with E-state index in [0.717, 1.165) is 5.56 Å². The van der Waals surface area contributed by atoms with Crippen LogP contribution < -0.4 is 5.32 Å². The van der Waals surface area contributed by atoms with Crippen LogP contribution in [0.2, 0.25) is 0 Å². The predicted molar refractivity (Wildman–Crippen MR) is 73.1 cm³/mol. The molecule has 1 fully saturated rings. The van der Waals surface area contributed by atoms with Gasteiger partial charge in [0.05, 0.1) is 35.3 Å². The number of rotatable bonds is 5. The van der Waals surface area contributed by atoms with Crippen LogP contribution in [-0.2, 0) is 16.0 Å². The van der Waals surface area contributed by atoms with E-state index in [2.05, 4.69) is 21.2 Å². The fraction of sp³-hybridized carbons (Fsp3) is 0.500. The van der Waals surface area contributed by atoms with Gasteiger partial charge in [-0.25, -0.2) is 0 Å². The largest absolute Gasteiger partial charge is 0.376 e. The Hall–Kier alpha value is -1.02. The van der Waals surface area contributed by atoms with E-state index in [-0.39, 0.29) is 11.8 Å². The Kier molecular flexibility index (Phi) is 5.26. The van der Waals surface area contributed by atoms with Gasteiger partial charge in [-0.1, -0.05) is 12.1 Å². The zero-order valence-corrected chi connectivity index (χ0v) is 11.9. The summed E-state index contributed by atoms with van der Waals surface area (Å²) in [6.07, 6.45) is 0.0474. The van der Waals surface area contributed by atoms with E-state index >= 15 is 0 Å². The molecule has 2 rings (SSSR count). The molecule has 1 unspecified atom stereocenters. The molecule has 1 heterocycles. The van der Waals surface area contributed by atoms with Crippen LogP contribution in [0.3, 0.4) is 0 Å². The lowest BCUT2D eigenvalue weighted by Gasteiger charge is -2.23. The van der Waals surface area contributed by atoms with E-state index in [1.165, 1.54) is 6.07 Å². The molecule has 1 aliphatic heterocycles. The van der Waals surface area contributed by atoms with Gasteiger partial charge < -0.3 is 14.8 Å². The van der Waals surface area contributed by atoms with E-state index in [9.17, 15) is 10.1 Å². The van der Waals surface area contributed by atoms with Crippen molar-refractivity contribution in [1.82, 2.24) is 5.32 Å². The third-order valence-corrected chi connectivity index (χ3v) is 3.74. The minimum atomic E-state index is -0.397. The molecule has 1 aromatic rings. The van der Waals surface area contributed by atoms with Gasteiger partial charge >= 0.3 is 0 Å². The van der Waals surface area contributed by atoms with Gasteiger partial charge in [-0.3, -0.25) is 10.1 Å². The predicted octanol–water partition coefficient (Wildman–Crippen LogP) is 1.86. The standard InChI is InChI=1S/C12H15BrN2O4/c13-12-9(2-1-3-11(12)15(16)17)6-14-7-10-8-18-4-5-19-10/h1-3,10,14H,4-8H2. The van der Waals surface area contributed by atoms with Gasteiger partial charge in [-0.05, 0) is 21.5 Å². The SMILES string of the molecule is O=[N+]([O-])c1cccc(CNCC2COCCO2)c1Br. The summed E-state index contributed by atoms with van der Waals surface area (Å²) in [5.74, 6) is 0. The zero-order valence-electron chi connectivity index (χ0n) is 10.3. The van der Waals surface area contributed by atoms with Crippen molar-refractivity contribution in [2.75, 3.05) is 26.4 Å². The quantitative estimate of drug-likeness (QED) is 0.659. The van der Waals surface area contributed by atoms with Crippen LogP contribution in [0.5, 0.6) is 0 Å². The first kappa shape index (κ1) is 14.4. The van der Waals surface area contributed by atoms with Crippen molar-refractivity contribution in [2.45, 2.75) is 12.6 Å². The number of nitro groups is 1. The lowest BCUT2D eigenvalue weighted by atomic mass is 10.2. The summed E-state index contributed by atoms with van der Waals surface area (Å²) in [6, 6.07) is 5.01. The van der Waals surface area contributed by atoms with Crippen LogP contribution >= 0.6 is 15.9 Å². The molecule has 0 spiro atoms. The van der Waals surface area contributed by atoms with Gasteiger partial charge in [0.15, 0.2) is 0 Å². The molecular weight excluding hydrogens is 316 g/mol. The molecule has 19 heavy (non-hydrogen) atoms. The fourth-order valence-electron chi connectivity index (χ4n) is 1.87. The molecule has 0 radical (unpaired) electrons. The molecule has 6 nitrogen and oxygen atoms in total. The molecule has 0 aliphatic carbocycles. The monoisotopic (exact) mass is 330 g/mol. The van der Waals surface area contributed by atoms with E-state index in [1.807, 2.05) is 6.07 Å². The molecule has 104 valence electrons. The Morgan fingerprint density at radius 3 is 3.00 bits per heavy atom. The Morgan fingerprint density at radius 2 is 2.32 bits per heavy atom. The Bertz CT molecular complexity index is 449. The van der Waals surface area contributed by atoms with E-state index < -0.39 is 4.92 Å². The van der Waals surface area contributed by atoms with Crippen LogP contribution in [0.1, 0.15) is 5.56 Å². The van der Waals surface area contributed by atoms with Gasteiger partial charge in [0.2, 0.25) is 0 Å². The number of nitrogens with zero attached hydrogens (tertiary/aromatic N) is 1. The lowest BCUT2D eigenvalue weighted by molar-refractivity contribution is -0.385. The van der Waals surface area contributed by atoms with Crippen molar-refractivity contribution < 1.29 is 14.4 Å². The normalized spacial score (nSPS) is 19.3. The van der Waals surface area contributed by atoms with Crippen LogP contribution in [0.4, 0.5) is 5.69 Å². The van der Waals surface area contributed by atoms with Gasteiger partial charge in [-0.15, -0.1) is 0 Å². The lowest BCUT2D eigenvalue weighted by Crippen LogP contribution is -2.37. The second-order valence-electron chi connectivity index (χ2n) is 4.21. The first-order chi connectivity index (χ1) is 9.18. The van der Waals surface area contributed by atoms with Crippen LogP contribution in [0.15, 0.2) is 22.7 Å². The van der Waals surface area contributed by atoms with Crippen molar-refractivity contribution in [3.63, 3.8) is 0 Å². The van der Waals surface area contributed by atoms with Gasteiger partial charge in [-0.2, -0.15) is 0 Å². The van der Waals surface area contributed by atoms with Gasteiger partial charge in [0.25, 0.3) is 5.69 Å². The minimum Gasteiger partial charge on any atom is -0.376 e. The van der Waals surface area contributed by atoms with Crippen LogP contribution in [0.25, 0.3) is 0 Å². The Labute approximate surface area is 119 Å². The average molecular weight is 331 g/mol. The zero-order chi connectivity index (χ0) is 13.7. The molecule has 1 aliphatic rings. The highest BCUT2D eigenvalue weighted by atomic mass is 79.9. The number of ether oxygens (including phenoxy) is 2. The summed E-state index contributed by atoms with van der Waals surface area (Å²) >= 11 is 3.27. The topological polar surface area (TPSA) is 73.6 Å². The number of nitrogens with one attached hydrogen (secondary N) is 1. The smallest absolute Gasteiger partial charge is 0.283 e. The third-order valence-electron chi connectivity index (χ3n) is 2.83. The Balaban J connectivity index is 1.88. The van der Waals surface area contributed by atoms with Crippen LogP contribution in [0, 0.1) is 10.1 Å². The maximum Gasteiger partial charge on any atom is 0.283 e. The van der Waals surface area contributed by atoms with Crippen molar-refractivity contribution in [1.29, 1.82) is 0 Å². The molecule has 1 saturated heterocycles. The summed E-state index contributed by atoms with van der Waals surface area (Å²) in [7, 11) is 0. The minimum absolute atomic E-state index is 0.0474. The van der Waals surface area contributed by atoms with E-state index in [4.69, 9.17) is 9.47 Å². The third kappa shape index (κ3) is 3.97. The first-order valence-electron chi connectivity index (χ1n) is 6.00. The molecular formula is C12H15BrN2O4. The number of benzene rings is 1. The summed E-state index contributed by atoms with van der Waals surface area (Å²) in [6.45, 7) is 3.06. The molecule has 0 bridgehead atoms. The van der Waals surface area contributed by atoms with Crippen molar-refractivity contribution >= 4 is 21.6 Å². The maximum absolute atomic E-state index is 10.8. The van der Waals surface area contributed by atoms with Crippen molar-refractivity contribution in [3.05, 3.63) is 38.3 Å². The summed E-state index contributed by atoms with van der Waals surface area (Å²) in [5, 5.41) is 14.0. The second kappa shape index (κ2) is 6.95. The molecule has 0 aromatic heterocycles. The van der Waals surface area contributed by atoms with E-state index in [1.54, 1.807) is 6.07 Å². The number of hydrogen-bond acceptors (Lipinski definition) is 5. The highest BCUT2D eigenvalue weighted by molar-refractivity contribution is 9.10. The summed E-state index contributed by atoms with van der Waals surface area (Å²) in [4.78, 5) is 10.4. The fourth-order valence-corrected chi connectivity index (χ4v) is 2.42. The van der Waals surface area contributed by atoms with Crippen molar-refractivity contribution in [3.8, 4) is 0 Å². The second-order valence-corrected chi connectivity index (χ2v) is 5.00. The summed E-state index contributed by atoms with van der Waals surface area (Å²) < 4.78 is 11.3. The molecule has 1 aromatic carbocycles. The first-order valence-corrected chi connectivity index (χ1v) is 6.79. The molecule has 1 N–H and O–H groups in total. The molecule has 0 amide bonds. The van der Waals surface area contributed by atoms with Gasteiger partial charge in [0.1, 0.15) is 0 Å². The van der Waals surface area contributed by atoms with Crippen molar-refractivity contribution in [2.24, 2.45) is 0 Å². The molecule has 7 heteroatoms. The highest BCUT2D eigenvalue weighted by Crippen LogP contribution is 2.28. The number of hydrogen-bond donors (Lipinski definition) is 1. The number of nitro benzene ring substituents is 1. The molecule has 0 saturated carbocycles. The van der Waals surface area contributed by atoms with Gasteiger partial charge in [0, 0.05) is 19.2 Å². The summed E-state index contributed by atoms with van der Waals surface area (Å²) in [5.41, 5.74) is 0.933. The van der Waals surface area contributed by atoms with Crippen LogP contribution in [-0.4, -0.2) is 37.4 Å². The highest BCUT2D eigenvalue weighted by Gasteiger charge is 2.16. The molecule has 1 atom stereocenters. The maximum atomic E-state index is 10.8.